The predicted molar refractivity (Wildman–Crippen MR) is 86.9 cm³/mol. The standard InChI is InChI=1S/C15H11ClN4O4/c1-9-12(16)3-2-4-13(9)18-14(21)8-19-7-11(20(23)24)5-10(6-17)15(19)22/h2-5,7H,8H2,1H3,(H,18,21). The van der Waals surface area contributed by atoms with Gasteiger partial charge in [-0.3, -0.25) is 24.3 Å². The number of carbonyl (C=O) groups excluding carboxylic acids is 1. The van der Waals surface area contributed by atoms with Crippen LogP contribution in [0.15, 0.2) is 35.3 Å². The quantitative estimate of drug-likeness (QED) is 0.672. The van der Waals surface area contributed by atoms with Crippen molar-refractivity contribution >= 4 is 28.9 Å². The molecule has 24 heavy (non-hydrogen) atoms. The van der Waals surface area contributed by atoms with Crippen LogP contribution in [-0.2, 0) is 11.3 Å². The molecule has 122 valence electrons. The zero-order valence-electron chi connectivity index (χ0n) is 12.4. The molecule has 0 saturated carbocycles. The molecule has 0 aliphatic carbocycles. The summed E-state index contributed by atoms with van der Waals surface area (Å²) < 4.78 is 0.825. The first kappa shape index (κ1) is 17.2. The Bertz CT molecular complexity index is 930. The summed E-state index contributed by atoms with van der Waals surface area (Å²) in [6.07, 6.45) is 0.924. The summed E-state index contributed by atoms with van der Waals surface area (Å²) in [5, 5.41) is 22.8. The number of nitriles is 1. The Balaban J connectivity index is 2.31. The second-order valence-electron chi connectivity index (χ2n) is 4.87. The minimum absolute atomic E-state index is 0.407. The molecule has 0 fully saturated rings. The molecule has 0 bridgehead atoms. The van der Waals surface area contributed by atoms with E-state index >= 15 is 0 Å². The van der Waals surface area contributed by atoms with Gasteiger partial charge in [-0.15, -0.1) is 0 Å². The SMILES string of the molecule is Cc1c(Cl)cccc1NC(=O)Cn1cc([N+](=O)[O-])cc(C#N)c1=O. The number of nitrogens with one attached hydrogen (secondary N) is 1. The van der Waals surface area contributed by atoms with E-state index in [4.69, 9.17) is 16.9 Å². The van der Waals surface area contributed by atoms with Gasteiger partial charge in [-0.1, -0.05) is 17.7 Å². The van der Waals surface area contributed by atoms with Crippen molar-refractivity contribution in [2.75, 3.05) is 5.32 Å². The third-order valence-corrected chi connectivity index (χ3v) is 3.67. The molecule has 0 aliphatic heterocycles. The maximum Gasteiger partial charge on any atom is 0.287 e. The summed E-state index contributed by atoms with van der Waals surface area (Å²) in [5.41, 5.74) is -0.516. The Kier molecular flexibility index (Phi) is 4.96. The molecule has 8 nitrogen and oxygen atoms in total. The highest BCUT2D eigenvalue weighted by atomic mass is 35.5. The molecule has 0 atom stereocenters. The molecule has 2 rings (SSSR count). The molecule has 1 heterocycles. The van der Waals surface area contributed by atoms with Crippen molar-refractivity contribution in [2.24, 2.45) is 0 Å². The summed E-state index contributed by atoms with van der Waals surface area (Å²) in [6.45, 7) is 1.24. The van der Waals surface area contributed by atoms with Gasteiger partial charge in [0.15, 0.2) is 0 Å². The molecule has 1 N–H and O–H groups in total. The summed E-state index contributed by atoms with van der Waals surface area (Å²) in [5.74, 6) is -0.577. The number of anilines is 1. The van der Waals surface area contributed by atoms with Crippen LogP contribution in [0.5, 0.6) is 0 Å². The molecule has 0 aliphatic rings. The van der Waals surface area contributed by atoms with Crippen LogP contribution in [-0.4, -0.2) is 15.4 Å². The lowest BCUT2D eigenvalue weighted by Gasteiger charge is -2.10. The second-order valence-corrected chi connectivity index (χ2v) is 5.28. The lowest BCUT2D eigenvalue weighted by atomic mass is 10.2. The number of benzene rings is 1. The molecule has 9 heteroatoms. The molecule has 0 saturated heterocycles. The van der Waals surface area contributed by atoms with Crippen molar-refractivity contribution in [1.82, 2.24) is 4.57 Å². The predicted octanol–water partition coefficient (Wildman–Crippen LogP) is 2.23. The number of pyridine rings is 1. The number of amides is 1. The number of hydrogen-bond donors (Lipinski definition) is 1. The smallest absolute Gasteiger partial charge is 0.287 e. The van der Waals surface area contributed by atoms with Crippen molar-refractivity contribution in [3.05, 3.63) is 67.1 Å². The van der Waals surface area contributed by atoms with Gasteiger partial charge in [-0.2, -0.15) is 5.26 Å². The van der Waals surface area contributed by atoms with Crippen LogP contribution >= 0.6 is 11.6 Å². The number of hydrogen-bond acceptors (Lipinski definition) is 5. The van der Waals surface area contributed by atoms with Gasteiger partial charge in [0, 0.05) is 16.8 Å². The lowest BCUT2D eigenvalue weighted by molar-refractivity contribution is -0.385. The van der Waals surface area contributed by atoms with Crippen LogP contribution in [0.4, 0.5) is 11.4 Å². The molecule has 2 aromatic rings. The Labute approximate surface area is 141 Å². The topological polar surface area (TPSA) is 118 Å². The van der Waals surface area contributed by atoms with E-state index in [2.05, 4.69) is 5.32 Å². The summed E-state index contributed by atoms with van der Waals surface area (Å²) in [6, 6.07) is 7.41. The van der Waals surface area contributed by atoms with E-state index in [1.165, 1.54) is 0 Å². The first-order chi connectivity index (χ1) is 11.3. The van der Waals surface area contributed by atoms with Crippen LogP contribution < -0.4 is 10.9 Å². The molecule has 0 radical (unpaired) electrons. The number of halogens is 1. The molecule has 1 amide bonds. The first-order valence-electron chi connectivity index (χ1n) is 6.67. The maximum atomic E-state index is 12.1. The molecule has 0 spiro atoms. The second kappa shape index (κ2) is 6.93. The highest BCUT2D eigenvalue weighted by Crippen LogP contribution is 2.22. The number of rotatable bonds is 4. The van der Waals surface area contributed by atoms with E-state index in [0.29, 0.717) is 16.3 Å². The van der Waals surface area contributed by atoms with Crippen LogP contribution in [0, 0.1) is 28.4 Å². The van der Waals surface area contributed by atoms with Crippen LogP contribution in [0.2, 0.25) is 5.02 Å². The van der Waals surface area contributed by atoms with E-state index in [1.807, 2.05) is 0 Å². The zero-order valence-corrected chi connectivity index (χ0v) is 13.2. The molecule has 1 aromatic heterocycles. The Morgan fingerprint density at radius 3 is 2.83 bits per heavy atom. The minimum Gasteiger partial charge on any atom is -0.324 e. The molecule has 1 aromatic carbocycles. The number of nitro groups is 1. The van der Waals surface area contributed by atoms with E-state index in [-0.39, 0.29) is 0 Å². The minimum atomic E-state index is -0.777. The van der Waals surface area contributed by atoms with Crippen molar-refractivity contribution in [2.45, 2.75) is 13.5 Å². The molecular formula is C15H11ClN4O4. The lowest BCUT2D eigenvalue weighted by Crippen LogP contribution is -2.29. The van der Waals surface area contributed by atoms with Gasteiger partial charge in [-0.05, 0) is 24.6 Å². The van der Waals surface area contributed by atoms with Gasteiger partial charge in [0.1, 0.15) is 18.2 Å². The largest absolute Gasteiger partial charge is 0.324 e. The van der Waals surface area contributed by atoms with Crippen molar-refractivity contribution < 1.29 is 9.72 Å². The highest BCUT2D eigenvalue weighted by molar-refractivity contribution is 6.31. The fourth-order valence-electron chi connectivity index (χ4n) is 2.00. The summed E-state index contributed by atoms with van der Waals surface area (Å²) in [7, 11) is 0. The van der Waals surface area contributed by atoms with Gasteiger partial charge in [0.25, 0.3) is 11.2 Å². The first-order valence-corrected chi connectivity index (χ1v) is 7.05. The highest BCUT2D eigenvalue weighted by Gasteiger charge is 2.16. The fourth-order valence-corrected chi connectivity index (χ4v) is 2.18. The van der Waals surface area contributed by atoms with Crippen LogP contribution in [0.3, 0.4) is 0 Å². The Morgan fingerprint density at radius 2 is 2.21 bits per heavy atom. The third kappa shape index (κ3) is 3.59. The van der Waals surface area contributed by atoms with Crippen molar-refractivity contribution in [1.29, 1.82) is 5.26 Å². The average molecular weight is 347 g/mol. The van der Waals surface area contributed by atoms with Gasteiger partial charge in [0.2, 0.25) is 5.91 Å². The average Bonchev–Trinajstić information content (AvgIpc) is 2.53. The van der Waals surface area contributed by atoms with Gasteiger partial charge in [0.05, 0.1) is 11.1 Å². The number of carbonyl (C=O) groups is 1. The molecular weight excluding hydrogens is 336 g/mol. The number of aromatic nitrogens is 1. The maximum absolute atomic E-state index is 12.1. The summed E-state index contributed by atoms with van der Waals surface area (Å²) in [4.78, 5) is 34.2. The zero-order chi connectivity index (χ0) is 17.9. The fraction of sp³-hybridized carbons (Fsp3) is 0.133. The number of nitrogens with zero attached hydrogens (tertiary/aromatic N) is 3. The van der Waals surface area contributed by atoms with Gasteiger partial charge >= 0.3 is 0 Å². The monoisotopic (exact) mass is 346 g/mol. The van der Waals surface area contributed by atoms with Crippen molar-refractivity contribution in [3.8, 4) is 6.07 Å². The van der Waals surface area contributed by atoms with E-state index in [0.717, 1.165) is 16.8 Å². The van der Waals surface area contributed by atoms with Crippen LogP contribution in [0.1, 0.15) is 11.1 Å². The van der Waals surface area contributed by atoms with Crippen molar-refractivity contribution in [3.63, 3.8) is 0 Å². The van der Waals surface area contributed by atoms with Crippen LogP contribution in [0.25, 0.3) is 0 Å². The van der Waals surface area contributed by atoms with Gasteiger partial charge in [-0.25, -0.2) is 0 Å². The summed E-state index contributed by atoms with van der Waals surface area (Å²) >= 11 is 5.96. The van der Waals surface area contributed by atoms with E-state index in [1.54, 1.807) is 31.2 Å². The Morgan fingerprint density at radius 1 is 1.50 bits per heavy atom. The molecule has 0 unspecified atom stereocenters. The van der Waals surface area contributed by atoms with E-state index < -0.39 is 34.2 Å². The third-order valence-electron chi connectivity index (χ3n) is 3.26. The Hall–Kier alpha value is -3.18. The van der Waals surface area contributed by atoms with Gasteiger partial charge < -0.3 is 5.32 Å². The van der Waals surface area contributed by atoms with E-state index in [9.17, 15) is 19.7 Å². The normalized spacial score (nSPS) is 10.0.